The molecule has 0 spiro atoms. The van der Waals surface area contributed by atoms with Crippen molar-refractivity contribution in [2.45, 2.75) is 6.42 Å². The Kier molecular flexibility index (Phi) is 4.39. The number of nitrogens with zero attached hydrogens (tertiary/aromatic N) is 2. The van der Waals surface area contributed by atoms with Gasteiger partial charge in [0.15, 0.2) is 11.5 Å². The molecule has 0 amide bonds. The van der Waals surface area contributed by atoms with Crippen LogP contribution in [0.2, 0.25) is 0 Å². The lowest BCUT2D eigenvalue weighted by Crippen LogP contribution is -2.06. The number of fused-ring (bicyclic) bond motifs is 1. The minimum atomic E-state index is 0.665. The van der Waals surface area contributed by atoms with Crippen molar-refractivity contribution in [3.8, 4) is 11.5 Å². The van der Waals surface area contributed by atoms with E-state index in [1.165, 1.54) is 4.88 Å². The molecule has 0 aliphatic heterocycles. The quantitative estimate of drug-likeness (QED) is 0.756. The number of hydrogen-bond acceptors (Lipinski definition) is 6. The second-order valence-corrected chi connectivity index (χ2v) is 5.74. The van der Waals surface area contributed by atoms with Crippen LogP contribution in [-0.4, -0.2) is 30.7 Å². The van der Waals surface area contributed by atoms with Crippen LogP contribution in [0.4, 0.5) is 5.82 Å². The smallest absolute Gasteiger partial charge is 0.162 e. The van der Waals surface area contributed by atoms with E-state index in [-0.39, 0.29) is 0 Å². The SMILES string of the molecule is COc1cc2ncnc(NCCc3cccs3)c2cc1OC. The predicted molar refractivity (Wildman–Crippen MR) is 89.2 cm³/mol. The largest absolute Gasteiger partial charge is 0.493 e. The van der Waals surface area contributed by atoms with Crippen molar-refractivity contribution in [2.75, 3.05) is 26.1 Å². The predicted octanol–water partition coefficient (Wildman–Crippen LogP) is 3.36. The number of nitrogens with one attached hydrogen (secondary N) is 1. The minimum absolute atomic E-state index is 0.665. The number of rotatable bonds is 6. The van der Waals surface area contributed by atoms with Crippen molar-refractivity contribution >= 4 is 28.1 Å². The molecule has 2 aromatic heterocycles. The Morgan fingerprint density at radius 3 is 2.68 bits per heavy atom. The molecular weight excluding hydrogens is 298 g/mol. The molecule has 3 aromatic rings. The first-order valence-corrected chi connectivity index (χ1v) is 7.82. The van der Waals surface area contributed by atoms with Gasteiger partial charge in [0.1, 0.15) is 12.1 Å². The van der Waals surface area contributed by atoms with Gasteiger partial charge in [0.05, 0.1) is 19.7 Å². The highest BCUT2D eigenvalue weighted by atomic mass is 32.1. The molecule has 0 atom stereocenters. The van der Waals surface area contributed by atoms with Crippen LogP contribution in [0.25, 0.3) is 10.9 Å². The van der Waals surface area contributed by atoms with Gasteiger partial charge in [-0.2, -0.15) is 0 Å². The van der Waals surface area contributed by atoms with Gasteiger partial charge in [-0.05, 0) is 23.9 Å². The van der Waals surface area contributed by atoms with E-state index in [0.717, 1.165) is 29.7 Å². The first-order chi connectivity index (χ1) is 10.8. The summed E-state index contributed by atoms with van der Waals surface area (Å²) in [5, 5.41) is 6.39. The summed E-state index contributed by atoms with van der Waals surface area (Å²) in [6.45, 7) is 0.820. The number of anilines is 1. The maximum Gasteiger partial charge on any atom is 0.162 e. The molecule has 0 bridgehead atoms. The minimum Gasteiger partial charge on any atom is -0.493 e. The second kappa shape index (κ2) is 6.62. The Balaban J connectivity index is 1.85. The van der Waals surface area contributed by atoms with Crippen molar-refractivity contribution in [3.05, 3.63) is 40.8 Å². The second-order valence-electron chi connectivity index (χ2n) is 4.70. The number of methoxy groups -OCH3 is 2. The molecule has 114 valence electrons. The van der Waals surface area contributed by atoms with Gasteiger partial charge in [0.2, 0.25) is 0 Å². The lowest BCUT2D eigenvalue weighted by atomic mass is 10.2. The van der Waals surface area contributed by atoms with E-state index in [0.29, 0.717) is 11.5 Å². The summed E-state index contributed by atoms with van der Waals surface area (Å²) in [6, 6.07) is 7.97. The van der Waals surface area contributed by atoms with E-state index in [4.69, 9.17) is 9.47 Å². The molecule has 0 unspecified atom stereocenters. The monoisotopic (exact) mass is 315 g/mol. The van der Waals surface area contributed by atoms with E-state index < -0.39 is 0 Å². The number of benzene rings is 1. The highest BCUT2D eigenvalue weighted by Crippen LogP contribution is 2.33. The molecule has 0 aliphatic rings. The molecule has 0 fully saturated rings. The van der Waals surface area contributed by atoms with Crippen molar-refractivity contribution in [2.24, 2.45) is 0 Å². The van der Waals surface area contributed by atoms with E-state index in [1.54, 1.807) is 31.9 Å². The fourth-order valence-corrected chi connectivity index (χ4v) is 2.99. The van der Waals surface area contributed by atoms with Crippen LogP contribution in [0.1, 0.15) is 4.88 Å². The maximum atomic E-state index is 5.36. The van der Waals surface area contributed by atoms with Crippen molar-refractivity contribution in [3.63, 3.8) is 0 Å². The Morgan fingerprint density at radius 1 is 1.14 bits per heavy atom. The molecule has 6 heteroatoms. The van der Waals surface area contributed by atoms with Gasteiger partial charge >= 0.3 is 0 Å². The Hall–Kier alpha value is -2.34. The number of hydrogen-bond donors (Lipinski definition) is 1. The molecule has 0 radical (unpaired) electrons. The summed E-state index contributed by atoms with van der Waals surface area (Å²) in [4.78, 5) is 9.99. The standard InChI is InChI=1S/C16H17N3O2S/c1-20-14-8-12-13(9-15(14)21-2)18-10-19-16(12)17-6-5-11-4-3-7-22-11/h3-4,7-10H,5-6H2,1-2H3,(H,17,18,19). The lowest BCUT2D eigenvalue weighted by Gasteiger charge is -2.11. The molecule has 2 heterocycles. The molecule has 0 saturated heterocycles. The summed E-state index contributed by atoms with van der Waals surface area (Å²) >= 11 is 1.76. The number of aromatic nitrogens is 2. The lowest BCUT2D eigenvalue weighted by molar-refractivity contribution is 0.356. The van der Waals surface area contributed by atoms with Crippen LogP contribution in [-0.2, 0) is 6.42 Å². The summed E-state index contributed by atoms with van der Waals surface area (Å²) in [5.74, 6) is 2.15. The molecule has 22 heavy (non-hydrogen) atoms. The maximum absolute atomic E-state index is 5.36. The zero-order valence-corrected chi connectivity index (χ0v) is 13.3. The third-order valence-electron chi connectivity index (χ3n) is 3.38. The third kappa shape index (κ3) is 2.96. The van der Waals surface area contributed by atoms with Crippen LogP contribution >= 0.6 is 11.3 Å². The van der Waals surface area contributed by atoms with Gasteiger partial charge in [-0.1, -0.05) is 6.07 Å². The Labute approximate surface area is 132 Å². The molecule has 1 N–H and O–H groups in total. The average molecular weight is 315 g/mol. The van der Waals surface area contributed by atoms with Crippen molar-refractivity contribution < 1.29 is 9.47 Å². The summed E-state index contributed by atoms with van der Waals surface area (Å²) < 4.78 is 10.7. The topological polar surface area (TPSA) is 56.3 Å². The highest BCUT2D eigenvalue weighted by molar-refractivity contribution is 7.09. The summed E-state index contributed by atoms with van der Waals surface area (Å²) in [5.41, 5.74) is 0.825. The van der Waals surface area contributed by atoms with Crippen LogP contribution in [0, 0.1) is 0 Å². The van der Waals surface area contributed by atoms with E-state index in [9.17, 15) is 0 Å². The molecule has 1 aromatic carbocycles. The van der Waals surface area contributed by atoms with Crippen molar-refractivity contribution in [1.29, 1.82) is 0 Å². The molecule has 0 aliphatic carbocycles. The van der Waals surface area contributed by atoms with E-state index >= 15 is 0 Å². The zero-order chi connectivity index (χ0) is 15.4. The van der Waals surface area contributed by atoms with Gasteiger partial charge in [0, 0.05) is 22.9 Å². The first kappa shape index (κ1) is 14.6. The Bertz CT molecular complexity index is 759. The summed E-state index contributed by atoms with van der Waals surface area (Å²) in [7, 11) is 3.24. The van der Waals surface area contributed by atoms with Crippen LogP contribution in [0.5, 0.6) is 11.5 Å². The van der Waals surface area contributed by atoms with Crippen LogP contribution < -0.4 is 14.8 Å². The molecule has 3 rings (SSSR count). The highest BCUT2D eigenvalue weighted by Gasteiger charge is 2.10. The van der Waals surface area contributed by atoms with Gasteiger partial charge in [-0.25, -0.2) is 9.97 Å². The third-order valence-corrected chi connectivity index (χ3v) is 4.32. The van der Waals surface area contributed by atoms with Gasteiger partial charge in [0.25, 0.3) is 0 Å². The number of thiophene rings is 1. The van der Waals surface area contributed by atoms with E-state index in [1.807, 2.05) is 12.1 Å². The zero-order valence-electron chi connectivity index (χ0n) is 12.5. The van der Waals surface area contributed by atoms with Gasteiger partial charge in [-0.15, -0.1) is 11.3 Å². The Morgan fingerprint density at radius 2 is 1.95 bits per heavy atom. The van der Waals surface area contributed by atoms with Gasteiger partial charge in [-0.3, -0.25) is 0 Å². The number of ether oxygens (including phenoxy) is 2. The van der Waals surface area contributed by atoms with E-state index in [2.05, 4.69) is 32.8 Å². The molecular formula is C16H17N3O2S. The molecule has 0 saturated carbocycles. The van der Waals surface area contributed by atoms with Gasteiger partial charge < -0.3 is 14.8 Å². The van der Waals surface area contributed by atoms with Crippen LogP contribution in [0.15, 0.2) is 36.0 Å². The fourth-order valence-electron chi connectivity index (χ4n) is 2.28. The van der Waals surface area contributed by atoms with Crippen LogP contribution in [0.3, 0.4) is 0 Å². The molecule has 5 nitrogen and oxygen atoms in total. The van der Waals surface area contributed by atoms with Crippen molar-refractivity contribution in [1.82, 2.24) is 9.97 Å². The normalized spacial score (nSPS) is 10.6. The summed E-state index contributed by atoms with van der Waals surface area (Å²) in [6.07, 6.45) is 2.53. The average Bonchev–Trinajstić information content (AvgIpc) is 3.07. The fraction of sp³-hybridized carbons (Fsp3) is 0.250. The first-order valence-electron chi connectivity index (χ1n) is 6.95.